The fraction of sp³-hybridized carbons (Fsp3) is 0.304. The average Bonchev–Trinajstić information content (AvgIpc) is 3.20. The van der Waals surface area contributed by atoms with E-state index in [0.717, 1.165) is 36.0 Å². The van der Waals surface area contributed by atoms with E-state index in [0.29, 0.717) is 5.95 Å². The molecule has 5 nitrogen and oxygen atoms in total. The van der Waals surface area contributed by atoms with Crippen molar-refractivity contribution in [1.29, 1.82) is 0 Å². The smallest absolute Gasteiger partial charge is 0.229 e. The summed E-state index contributed by atoms with van der Waals surface area (Å²) in [7, 11) is 0. The third kappa shape index (κ3) is 4.25. The summed E-state index contributed by atoms with van der Waals surface area (Å²) in [6, 6.07) is 16.8. The molecule has 2 N–H and O–H groups in total. The van der Waals surface area contributed by atoms with E-state index in [4.69, 9.17) is 0 Å². The number of nitrogens with one attached hydrogen (secondary N) is 2. The van der Waals surface area contributed by atoms with Gasteiger partial charge in [0.15, 0.2) is 0 Å². The topological polar surface area (TPSA) is 53.1 Å². The van der Waals surface area contributed by atoms with Gasteiger partial charge in [0.05, 0.1) is 0 Å². The molecule has 1 aliphatic rings. The molecule has 0 spiro atoms. The van der Waals surface area contributed by atoms with Crippen molar-refractivity contribution in [1.82, 2.24) is 9.97 Å². The van der Waals surface area contributed by atoms with Crippen LogP contribution < -0.4 is 15.5 Å². The van der Waals surface area contributed by atoms with E-state index in [-0.39, 0.29) is 0 Å². The minimum Gasteiger partial charge on any atom is -0.372 e. The van der Waals surface area contributed by atoms with Gasteiger partial charge in [-0.05, 0) is 81.1 Å². The summed E-state index contributed by atoms with van der Waals surface area (Å²) in [5.74, 6) is 1.38. The highest BCUT2D eigenvalue weighted by molar-refractivity contribution is 5.63. The zero-order valence-electron chi connectivity index (χ0n) is 16.8. The number of nitrogens with zero attached hydrogens (tertiary/aromatic N) is 3. The molecule has 0 saturated carbocycles. The van der Waals surface area contributed by atoms with Crippen LogP contribution in [0.3, 0.4) is 0 Å². The summed E-state index contributed by atoms with van der Waals surface area (Å²) in [6.45, 7) is 8.52. The van der Waals surface area contributed by atoms with E-state index in [9.17, 15) is 0 Å². The van der Waals surface area contributed by atoms with Crippen molar-refractivity contribution in [3.63, 3.8) is 0 Å². The van der Waals surface area contributed by atoms with Gasteiger partial charge >= 0.3 is 0 Å². The number of aryl methyl sites for hydroxylation is 3. The van der Waals surface area contributed by atoms with Crippen molar-refractivity contribution in [3.05, 3.63) is 65.4 Å². The maximum Gasteiger partial charge on any atom is 0.229 e. The average molecular weight is 374 g/mol. The Morgan fingerprint density at radius 1 is 0.750 bits per heavy atom. The Bertz CT molecular complexity index is 959. The van der Waals surface area contributed by atoms with Gasteiger partial charge in [-0.15, -0.1) is 0 Å². The quantitative estimate of drug-likeness (QED) is 0.619. The lowest BCUT2D eigenvalue weighted by Gasteiger charge is -2.18. The van der Waals surface area contributed by atoms with Crippen LogP contribution in [0.1, 0.15) is 29.7 Å². The summed E-state index contributed by atoms with van der Waals surface area (Å²) in [6.07, 6.45) is 2.57. The standard InChI is InChI=1S/C23H27N5/c1-16-6-7-20(14-17(16)2)25-22-15-18(3)24-23(27-22)26-19-8-10-21(11-9-19)28-12-4-5-13-28/h6-11,14-15H,4-5,12-13H2,1-3H3,(H2,24,25,26,27). The molecule has 0 aliphatic carbocycles. The van der Waals surface area contributed by atoms with Gasteiger partial charge in [-0.25, -0.2) is 4.98 Å². The van der Waals surface area contributed by atoms with Gasteiger partial charge < -0.3 is 15.5 Å². The highest BCUT2D eigenvalue weighted by atomic mass is 15.2. The molecular weight excluding hydrogens is 346 g/mol. The molecule has 1 saturated heterocycles. The molecule has 2 heterocycles. The summed E-state index contributed by atoms with van der Waals surface area (Å²) in [5, 5.41) is 6.72. The second-order valence-electron chi connectivity index (χ2n) is 7.51. The van der Waals surface area contributed by atoms with Gasteiger partial charge in [0.25, 0.3) is 0 Å². The zero-order chi connectivity index (χ0) is 19.5. The maximum absolute atomic E-state index is 4.63. The van der Waals surface area contributed by atoms with Crippen LogP contribution in [0.4, 0.5) is 28.8 Å². The number of benzene rings is 2. The normalized spacial score (nSPS) is 13.6. The van der Waals surface area contributed by atoms with E-state index >= 15 is 0 Å². The summed E-state index contributed by atoms with van der Waals surface area (Å²) in [5.41, 5.74) is 6.76. The molecule has 2 aromatic carbocycles. The van der Waals surface area contributed by atoms with Crippen LogP contribution in [-0.2, 0) is 0 Å². The van der Waals surface area contributed by atoms with Crippen LogP contribution in [0.25, 0.3) is 0 Å². The van der Waals surface area contributed by atoms with E-state index in [1.54, 1.807) is 0 Å². The Kier molecular flexibility index (Phi) is 5.15. The Morgan fingerprint density at radius 3 is 2.18 bits per heavy atom. The minimum absolute atomic E-state index is 0.597. The number of rotatable bonds is 5. The van der Waals surface area contributed by atoms with E-state index in [1.807, 2.05) is 13.0 Å². The minimum atomic E-state index is 0.597. The monoisotopic (exact) mass is 373 g/mol. The number of aromatic nitrogens is 2. The van der Waals surface area contributed by atoms with Crippen LogP contribution in [-0.4, -0.2) is 23.1 Å². The molecule has 0 bridgehead atoms. The van der Waals surface area contributed by atoms with E-state index in [1.165, 1.54) is 29.7 Å². The van der Waals surface area contributed by atoms with Crippen molar-refractivity contribution in [2.24, 2.45) is 0 Å². The fourth-order valence-electron chi connectivity index (χ4n) is 3.52. The van der Waals surface area contributed by atoms with Gasteiger partial charge in [0.2, 0.25) is 5.95 Å². The first-order valence-corrected chi connectivity index (χ1v) is 9.89. The largest absolute Gasteiger partial charge is 0.372 e. The Morgan fingerprint density at radius 2 is 1.46 bits per heavy atom. The second-order valence-corrected chi connectivity index (χ2v) is 7.51. The Hall–Kier alpha value is -3.08. The van der Waals surface area contributed by atoms with Crippen LogP contribution in [0.15, 0.2) is 48.5 Å². The molecule has 0 atom stereocenters. The molecule has 0 unspecified atom stereocenters. The lowest BCUT2D eigenvalue weighted by molar-refractivity contribution is 0.949. The first-order chi connectivity index (χ1) is 13.6. The third-order valence-corrected chi connectivity index (χ3v) is 5.23. The summed E-state index contributed by atoms with van der Waals surface area (Å²) in [4.78, 5) is 11.6. The second kappa shape index (κ2) is 7.89. The van der Waals surface area contributed by atoms with Crippen LogP contribution in [0.5, 0.6) is 0 Å². The summed E-state index contributed by atoms with van der Waals surface area (Å²) < 4.78 is 0. The van der Waals surface area contributed by atoms with Gasteiger partial charge in [-0.3, -0.25) is 0 Å². The van der Waals surface area contributed by atoms with Crippen LogP contribution >= 0.6 is 0 Å². The zero-order valence-corrected chi connectivity index (χ0v) is 16.8. The Labute approximate surface area is 166 Å². The predicted octanol–water partition coefficient (Wildman–Crippen LogP) is 5.49. The highest BCUT2D eigenvalue weighted by Gasteiger charge is 2.12. The van der Waals surface area contributed by atoms with Gasteiger partial charge in [-0.2, -0.15) is 4.98 Å². The lowest BCUT2D eigenvalue weighted by Crippen LogP contribution is -2.17. The van der Waals surface area contributed by atoms with Crippen molar-refractivity contribution < 1.29 is 0 Å². The molecule has 1 aromatic heterocycles. The predicted molar refractivity (Wildman–Crippen MR) is 117 cm³/mol. The first-order valence-electron chi connectivity index (χ1n) is 9.89. The van der Waals surface area contributed by atoms with Crippen LogP contribution in [0.2, 0.25) is 0 Å². The van der Waals surface area contributed by atoms with Gasteiger partial charge in [0.1, 0.15) is 5.82 Å². The van der Waals surface area contributed by atoms with Gasteiger partial charge in [0, 0.05) is 41.9 Å². The number of hydrogen-bond donors (Lipinski definition) is 2. The molecule has 5 heteroatoms. The van der Waals surface area contributed by atoms with Crippen molar-refractivity contribution in [2.75, 3.05) is 28.6 Å². The molecule has 0 amide bonds. The Balaban J connectivity index is 1.49. The molecule has 1 aliphatic heterocycles. The molecule has 144 valence electrons. The number of hydrogen-bond acceptors (Lipinski definition) is 5. The molecule has 4 rings (SSSR count). The highest BCUT2D eigenvalue weighted by Crippen LogP contribution is 2.24. The van der Waals surface area contributed by atoms with E-state index < -0.39 is 0 Å². The van der Waals surface area contributed by atoms with Gasteiger partial charge in [-0.1, -0.05) is 6.07 Å². The SMILES string of the molecule is Cc1cc(Nc2ccc(C)c(C)c2)nc(Nc2ccc(N3CCCC3)cc2)n1. The lowest BCUT2D eigenvalue weighted by atomic mass is 10.1. The van der Waals surface area contributed by atoms with Crippen molar-refractivity contribution in [2.45, 2.75) is 33.6 Å². The molecule has 28 heavy (non-hydrogen) atoms. The van der Waals surface area contributed by atoms with Crippen molar-refractivity contribution >= 4 is 28.8 Å². The first kappa shape index (κ1) is 18.3. The van der Waals surface area contributed by atoms with E-state index in [2.05, 4.69) is 81.8 Å². The molecule has 1 fully saturated rings. The maximum atomic E-state index is 4.63. The summed E-state index contributed by atoms with van der Waals surface area (Å²) >= 11 is 0. The van der Waals surface area contributed by atoms with Crippen LogP contribution in [0, 0.1) is 20.8 Å². The molecular formula is C23H27N5. The third-order valence-electron chi connectivity index (χ3n) is 5.23. The van der Waals surface area contributed by atoms with Crippen molar-refractivity contribution in [3.8, 4) is 0 Å². The fourth-order valence-corrected chi connectivity index (χ4v) is 3.52. The molecule has 3 aromatic rings. The number of anilines is 5. The molecule has 0 radical (unpaired) electrons.